The Morgan fingerprint density at radius 3 is 2.45 bits per heavy atom. The Morgan fingerprint density at radius 2 is 2.09 bits per heavy atom. The first-order chi connectivity index (χ1) is 5.20. The molecule has 0 spiro atoms. The van der Waals surface area contributed by atoms with Crippen molar-refractivity contribution in [2.45, 2.75) is 0 Å². The summed E-state index contributed by atoms with van der Waals surface area (Å²) in [4.78, 5) is 3.22. The molecule has 0 bridgehead atoms. The molecule has 54 valence electrons. The van der Waals surface area contributed by atoms with E-state index in [-0.39, 0.29) is 0 Å². The van der Waals surface area contributed by atoms with Gasteiger partial charge >= 0.3 is 0 Å². The monoisotopic (exact) mass is 290 g/mol. The summed E-state index contributed by atoms with van der Waals surface area (Å²) in [5.74, 6) is 0. The van der Waals surface area contributed by atoms with Gasteiger partial charge < -0.3 is 0 Å². The van der Waals surface area contributed by atoms with E-state index in [0.29, 0.717) is 18.8 Å². The molecule has 0 N–H and O–H groups in total. The van der Waals surface area contributed by atoms with Crippen LogP contribution in [0.2, 0.25) is 0 Å². The summed E-state index contributed by atoms with van der Waals surface area (Å²) in [6.45, 7) is 6.77. The van der Waals surface area contributed by atoms with Crippen LogP contribution in [0.1, 0.15) is 5.56 Å². The summed E-state index contributed by atoms with van der Waals surface area (Å²) < 4.78 is 1.41. The van der Waals surface area contributed by atoms with Crippen LogP contribution in [0.15, 0.2) is 7.57 Å². The topological polar surface area (TPSA) is 28.1 Å². The highest BCUT2D eigenvalue weighted by Gasteiger charge is 2.14. The predicted molar refractivity (Wildman–Crippen MR) is 50.7 cm³/mol. The van der Waals surface area contributed by atoms with Gasteiger partial charge in [-0.1, -0.05) is 15.9 Å². The molecule has 0 amide bonds. The third-order valence-corrected chi connectivity index (χ3v) is 3.52. The highest BCUT2D eigenvalue weighted by molar-refractivity contribution is 9.12. The Morgan fingerprint density at radius 1 is 1.45 bits per heavy atom. The molecule has 0 aromatic carbocycles. The second-order valence-electron chi connectivity index (χ2n) is 1.60. The molecule has 5 heteroatoms. The van der Waals surface area contributed by atoms with Crippen LogP contribution in [0, 0.1) is 17.9 Å². The molecule has 0 radical (unpaired) electrons. The van der Waals surface area contributed by atoms with E-state index in [0.717, 1.165) is 0 Å². The van der Waals surface area contributed by atoms with Crippen molar-refractivity contribution in [3.05, 3.63) is 24.6 Å². The Balaban J connectivity index is 3.47. The summed E-state index contributed by atoms with van der Waals surface area (Å²) in [6, 6.07) is 1.96. The van der Waals surface area contributed by atoms with E-state index in [1.54, 1.807) is 0 Å². The van der Waals surface area contributed by atoms with Crippen molar-refractivity contribution in [1.82, 2.24) is 0 Å². The van der Waals surface area contributed by atoms with Crippen LogP contribution < -0.4 is 0 Å². The fraction of sp³-hybridized carbons (Fsp3) is 0. The average Bonchev–Trinajstić information content (AvgIpc) is 2.24. The van der Waals surface area contributed by atoms with Crippen LogP contribution in [0.3, 0.4) is 0 Å². The van der Waals surface area contributed by atoms with E-state index in [1.807, 2.05) is 6.07 Å². The average molecular weight is 292 g/mol. The Labute approximate surface area is 84.5 Å². The first-order valence-electron chi connectivity index (χ1n) is 2.46. The van der Waals surface area contributed by atoms with Gasteiger partial charge in [-0.15, -0.1) is 11.3 Å². The van der Waals surface area contributed by atoms with Gasteiger partial charge in [-0.3, -0.25) is 0 Å². The molecule has 0 saturated heterocycles. The van der Waals surface area contributed by atoms with Crippen LogP contribution in [0.5, 0.6) is 0 Å². The normalized spacial score (nSPS) is 8.73. The van der Waals surface area contributed by atoms with Gasteiger partial charge in [0.1, 0.15) is 0 Å². The number of hydrogen-bond donors (Lipinski definition) is 0. The quantitative estimate of drug-likeness (QED) is 0.670. The number of nitriles is 1. The predicted octanol–water partition coefficient (Wildman–Crippen LogP) is 3.70. The number of rotatable bonds is 0. The number of nitrogens with zero attached hydrogens (tertiary/aromatic N) is 2. The summed E-state index contributed by atoms with van der Waals surface area (Å²) in [6.07, 6.45) is 0. The van der Waals surface area contributed by atoms with Crippen LogP contribution in [-0.4, -0.2) is 0 Å². The minimum Gasteiger partial charge on any atom is -0.235 e. The van der Waals surface area contributed by atoms with Gasteiger partial charge in [0.05, 0.1) is 25.8 Å². The zero-order valence-electron chi connectivity index (χ0n) is 5.06. The summed E-state index contributed by atoms with van der Waals surface area (Å²) >= 11 is 7.73. The largest absolute Gasteiger partial charge is 0.235 e. The van der Waals surface area contributed by atoms with E-state index in [1.165, 1.54) is 11.3 Å². The fourth-order valence-corrected chi connectivity index (χ4v) is 3.40. The SMILES string of the molecule is [C-]#[N+]c1c(Br)sc(Br)c1C#N. The zero-order chi connectivity index (χ0) is 8.43. The molecule has 0 aliphatic heterocycles. The van der Waals surface area contributed by atoms with Gasteiger partial charge in [0.15, 0.2) is 0 Å². The van der Waals surface area contributed by atoms with E-state index in [9.17, 15) is 0 Å². The Kier molecular flexibility index (Phi) is 2.67. The molecule has 1 heterocycles. The molecule has 1 aromatic heterocycles. The number of thiophene rings is 1. The van der Waals surface area contributed by atoms with Crippen molar-refractivity contribution in [2.75, 3.05) is 0 Å². The molecular formula is C6Br2N2S. The minimum absolute atomic E-state index is 0.393. The van der Waals surface area contributed by atoms with Gasteiger partial charge in [-0.05, 0) is 15.9 Å². The van der Waals surface area contributed by atoms with Crippen molar-refractivity contribution >= 4 is 48.9 Å². The summed E-state index contributed by atoms with van der Waals surface area (Å²) in [5.41, 5.74) is 0.807. The van der Waals surface area contributed by atoms with Gasteiger partial charge in [0.25, 0.3) is 0 Å². The highest BCUT2D eigenvalue weighted by Crippen LogP contribution is 2.42. The molecular weight excluding hydrogens is 292 g/mol. The molecule has 1 aromatic rings. The lowest BCUT2D eigenvalue weighted by atomic mass is 10.3. The smallest absolute Gasteiger partial charge is 0.230 e. The Hall–Kier alpha value is -0.360. The van der Waals surface area contributed by atoms with Gasteiger partial charge in [0, 0.05) is 0 Å². The van der Waals surface area contributed by atoms with Crippen molar-refractivity contribution in [2.24, 2.45) is 0 Å². The van der Waals surface area contributed by atoms with Crippen molar-refractivity contribution in [3.8, 4) is 6.07 Å². The maximum atomic E-state index is 8.61. The first kappa shape index (κ1) is 8.73. The van der Waals surface area contributed by atoms with Crippen molar-refractivity contribution in [1.29, 1.82) is 5.26 Å². The molecule has 0 aliphatic rings. The van der Waals surface area contributed by atoms with Crippen molar-refractivity contribution < 1.29 is 0 Å². The lowest BCUT2D eigenvalue weighted by Gasteiger charge is -1.81. The van der Waals surface area contributed by atoms with Gasteiger partial charge in [-0.2, -0.15) is 5.26 Å². The Bertz CT molecular complexity index is 335. The van der Waals surface area contributed by atoms with Crippen molar-refractivity contribution in [3.63, 3.8) is 0 Å². The van der Waals surface area contributed by atoms with Crippen LogP contribution in [0.25, 0.3) is 4.85 Å². The lowest BCUT2D eigenvalue weighted by Crippen LogP contribution is -1.65. The summed E-state index contributed by atoms with van der Waals surface area (Å²) in [7, 11) is 0. The molecule has 1 rings (SSSR count). The molecule has 2 nitrogen and oxygen atoms in total. The zero-order valence-corrected chi connectivity index (χ0v) is 9.05. The highest BCUT2D eigenvalue weighted by atomic mass is 79.9. The van der Waals surface area contributed by atoms with Gasteiger partial charge in [-0.25, -0.2) is 4.85 Å². The summed E-state index contributed by atoms with van der Waals surface area (Å²) in [5, 5.41) is 8.61. The molecule has 0 saturated carbocycles. The molecule has 0 fully saturated rings. The van der Waals surface area contributed by atoms with E-state index < -0.39 is 0 Å². The van der Waals surface area contributed by atoms with E-state index >= 15 is 0 Å². The molecule has 0 unspecified atom stereocenters. The maximum absolute atomic E-state index is 8.61. The van der Waals surface area contributed by atoms with Crippen LogP contribution in [0.4, 0.5) is 5.69 Å². The van der Waals surface area contributed by atoms with Gasteiger partial charge in [0.2, 0.25) is 5.69 Å². The third-order valence-electron chi connectivity index (χ3n) is 1.02. The molecule has 0 atom stereocenters. The third kappa shape index (κ3) is 1.46. The maximum Gasteiger partial charge on any atom is 0.230 e. The lowest BCUT2D eigenvalue weighted by molar-refractivity contribution is 1.50. The van der Waals surface area contributed by atoms with E-state index in [2.05, 4.69) is 36.7 Å². The second-order valence-corrected chi connectivity index (χ2v) is 5.25. The second kappa shape index (κ2) is 3.36. The standard InChI is InChI=1S/C6Br2N2S/c1-10-4-3(2-9)5(7)11-6(4)8. The number of halogens is 2. The van der Waals surface area contributed by atoms with Crippen LogP contribution in [-0.2, 0) is 0 Å². The van der Waals surface area contributed by atoms with Crippen LogP contribution >= 0.6 is 43.2 Å². The molecule has 11 heavy (non-hydrogen) atoms. The first-order valence-corrected chi connectivity index (χ1v) is 4.86. The van der Waals surface area contributed by atoms with E-state index in [4.69, 9.17) is 11.8 Å². The minimum atomic E-state index is 0.393. The fourth-order valence-electron chi connectivity index (χ4n) is 0.566. The number of hydrogen-bond acceptors (Lipinski definition) is 2. The molecule has 0 aliphatic carbocycles.